The van der Waals surface area contributed by atoms with Crippen molar-refractivity contribution in [3.05, 3.63) is 40.7 Å². The minimum atomic E-state index is -0.591. The molecule has 2 saturated carbocycles. The van der Waals surface area contributed by atoms with Crippen molar-refractivity contribution in [2.75, 3.05) is 13.7 Å². The van der Waals surface area contributed by atoms with Gasteiger partial charge in [-0.1, -0.05) is 13.0 Å². The lowest BCUT2D eigenvalue weighted by Gasteiger charge is -2.50. The summed E-state index contributed by atoms with van der Waals surface area (Å²) >= 11 is 0. The van der Waals surface area contributed by atoms with Gasteiger partial charge in [0.15, 0.2) is 0 Å². The molecule has 6 nitrogen and oxygen atoms in total. The normalized spacial score (nSPS) is 34.3. The Morgan fingerprint density at radius 2 is 2.12 bits per heavy atom. The van der Waals surface area contributed by atoms with Gasteiger partial charge in [-0.3, -0.25) is 4.99 Å². The smallest absolute Gasteiger partial charge is 0.343 e. The fourth-order valence-electron chi connectivity index (χ4n) is 6.49. The number of esters is 1. The Labute approximate surface area is 190 Å². The highest BCUT2D eigenvalue weighted by Crippen LogP contribution is 2.61. The molecule has 6 atom stereocenters. The maximum Gasteiger partial charge on any atom is 0.343 e. The molecule has 3 aliphatic rings. The topological polar surface area (TPSA) is 88.4 Å². The average molecular weight is 442 g/mol. The molecular weight excluding hydrogens is 406 g/mol. The average Bonchev–Trinajstić information content (AvgIpc) is 3.03. The summed E-state index contributed by atoms with van der Waals surface area (Å²) < 4.78 is 10.4. The molecule has 2 fully saturated rings. The third-order valence-electron chi connectivity index (χ3n) is 8.19. The molecule has 0 heterocycles. The van der Waals surface area contributed by atoms with E-state index in [9.17, 15) is 15.0 Å². The molecule has 3 aliphatic carbocycles. The second-order valence-electron chi connectivity index (χ2n) is 9.77. The zero-order valence-corrected chi connectivity index (χ0v) is 19.5. The number of aryl methyl sites for hydroxylation is 1. The van der Waals surface area contributed by atoms with Crippen LogP contribution in [0, 0.1) is 17.3 Å². The lowest BCUT2D eigenvalue weighted by Crippen LogP contribution is -2.44. The summed E-state index contributed by atoms with van der Waals surface area (Å²) in [5.41, 5.74) is 2.70. The molecule has 2 N–H and O–H groups in total. The van der Waals surface area contributed by atoms with Gasteiger partial charge in [-0.2, -0.15) is 0 Å². The Morgan fingerprint density at radius 1 is 1.34 bits per heavy atom. The predicted octanol–water partition coefficient (Wildman–Crippen LogP) is 4.36. The van der Waals surface area contributed by atoms with Crippen molar-refractivity contribution in [1.29, 1.82) is 0 Å². The largest absolute Gasteiger partial charge is 0.512 e. The Balaban J connectivity index is 1.57. The minimum absolute atomic E-state index is 0.0532. The van der Waals surface area contributed by atoms with Crippen molar-refractivity contribution in [3.8, 4) is 5.75 Å². The van der Waals surface area contributed by atoms with Crippen LogP contribution in [-0.2, 0) is 16.0 Å². The molecule has 0 unspecified atom stereocenters. The summed E-state index contributed by atoms with van der Waals surface area (Å²) in [6.07, 6.45) is 5.78. The first kappa shape index (κ1) is 22.8. The highest BCUT2D eigenvalue weighted by Gasteiger charge is 2.58. The summed E-state index contributed by atoms with van der Waals surface area (Å²) in [6, 6.07) is 6.18. The summed E-state index contributed by atoms with van der Waals surface area (Å²) in [5.74, 6) is 1.60. The number of carbonyl (C=O) groups is 1. The molecule has 32 heavy (non-hydrogen) atoms. The number of allylic oxidation sites excluding steroid dienone is 1. The number of hydrogen-bond donors (Lipinski definition) is 2. The molecule has 0 amide bonds. The second-order valence-corrected chi connectivity index (χ2v) is 9.77. The van der Waals surface area contributed by atoms with Gasteiger partial charge < -0.3 is 19.7 Å². The molecule has 0 aliphatic heterocycles. The summed E-state index contributed by atoms with van der Waals surface area (Å²) in [6.45, 7) is 5.60. The van der Waals surface area contributed by atoms with Crippen LogP contribution in [0.2, 0.25) is 0 Å². The van der Waals surface area contributed by atoms with Crippen molar-refractivity contribution < 1.29 is 24.5 Å². The number of aliphatic imine (C=N–C) groups is 1. The van der Waals surface area contributed by atoms with Crippen LogP contribution in [0.1, 0.15) is 63.5 Å². The summed E-state index contributed by atoms with van der Waals surface area (Å²) in [7, 11) is 1.71. The Morgan fingerprint density at radius 3 is 2.81 bits per heavy atom. The van der Waals surface area contributed by atoms with Gasteiger partial charge in [0.05, 0.1) is 25.9 Å². The molecule has 0 spiro atoms. The zero-order valence-electron chi connectivity index (χ0n) is 19.5. The molecule has 1 aromatic carbocycles. The number of fused-ring (bicyclic) bond motifs is 5. The highest BCUT2D eigenvalue weighted by molar-refractivity contribution is 6.09. The van der Waals surface area contributed by atoms with Gasteiger partial charge in [0, 0.05) is 6.21 Å². The summed E-state index contributed by atoms with van der Waals surface area (Å²) in [4.78, 5) is 16.7. The number of benzene rings is 1. The molecule has 0 aromatic heterocycles. The number of rotatable bonds is 5. The van der Waals surface area contributed by atoms with E-state index < -0.39 is 12.1 Å². The monoisotopic (exact) mass is 441 g/mol. The van der Waals surface area contributed by atoms with E-state index in [0.717, 1.165) is 37.9 Å². The number of ether oxygens (including phenoxy) is 2. The molecule has 0 saturated heterocycles. The lowest BCUT2D eigenvalue weighted by atomic mass is 9.55. The van der Waals surface area contributed by atoms with Gasteiger partial charge in [0.2, 0.25) is 0 Å². The van der Waals surface area contributed by atoms with E-state index in [4.69, 9.17) is 9.47 Å². The van der Waals surface area contributed by atoms with Crippen LogP contribution in [0.15, 0.2) is 34.5 Å². The Kier molecular flexibility index (Phi) is 6.35. The van der Waals surface area contributed by atoms with Gasteiger partial charge in [-0.15, -0.1) is 0 Å². The van der Waals surface area contributed by atoms with Crippen LogP contribution in [-0.4, -0.2) is 48.3 Å². The van der Waals surface area contributed by atoms with Gasteiger partial charge in [-0.25, -0.2) is 4.79 Å². The van der Waals surface area contributed by atoms with Crippen LogP contribution in [0.5, 0.6) is 5.75 Å². The number of nitrogens with zero attached hydrogens (tertiary/aromatic N) is 1. The van der Waals surface area contributed by atoms with Crippen molar-refractivity contribution in [3.63, 3.8) is 0 Å². The first-order valence-corrected chi connectivity index (χ1v) is 11.7. The predicted molar refractivity (Wildman–Crippen MR) is 123 cm³/mol. The Hall–Kier alpha value is -2.34. The third-order valence-corrected chi connectivity index (χ3v) is 8.19. The number of methoxy groups -OCH3 is 1. The van der Waals surface area contributed by atoms with Gasteiger partial charge in [0.25, 0.3) is 0 Å². The first-order chi connectivity index (χ1) is 15.3. The second kappa shape index (κ2) is 8.89. The van der Waals surface area contributed by atoms with Crippen LogP contribution in [0.25, 0.3) is 0 Å². The van der Waals surface area contributed by atoms with E-state index in [1.807, 2.05) is 0 Å². The van der Waals surface area contributed by atoms with Gasteiger partial charge in [0.1, 0.15) is 17.1 Å². The first-order valence-electron chi connectivity index (χ1n) is 11.7. The fourth-order valence-corrected chi connectivity index (χ4v) is 6.49. The zero-order chi connectivity index (χ0) is 23.0. The van der Waals surface area contributed by atoms with Crippen molar-refractivity contribution in [2.45, 2.75) is 70.9 Å². The van der Waals surface area contributed by atoms with Crippen LogP contribution < -0.4 is 4.74 Å². The van der Waals surface area contributed by atoms with E-state index in [1.54, 1.807) is 14.0 Å². The van der Waals surface area contributed by atoms with Crippen molar-refractivity contribution in [1.82, 2.24) is 0 Å². The van der Waals surface area contributed by atoms with Gasteiger partial charge in [-0.05, 0) is 92.4 Å². The maximum absolute atomic E-state index is 12.1. The molecule has 1 aromatic rings. The van der Waals surface area contributed by atoms with Crippen LogP contribution in [0.4, 0.5) is 0 Å². The molecular formula is C26H35NO5. The van der Waals surface area contributed by atoms with E-state index in [1.165, 1.54) is 24.3 Å². The lowest BCUT2D eigenvalue weighted by molar-refractivity contribution is -0.138. The minimum Gasteiger partial charge on any atom is -0.512 e. The summed E-state index contributed by atoms with van der Waals surface area (Å²) in [5, 5.41) is 21.2. The standard InChI is InChI=1S/C26H35NO5/c1-5-32-25(30)21(15(2)28)14-27-23-13-22-20-8-6-16-12-17(31-4)7-9-18(16)19(20)10-11-26(22,3)24(23)29/h7,9,12,14,19-20,22-24,28-29H,5-6,8,10-11,13H2,1-4H3/b21-15-,27-14?/t19-,20-,22+,23+,24+,26+/m1/s1. The van der Waals surface area contributed by atoms with E-state index in [0.29, 0.717) is 17.8 Å². The van der Waals surface area contributed by atoms with Crippen LogP contribution >= 0.6 is 0 Å². The Bertz CT molecular complexity index is 934. The third kappa shape index (κ3) is 3.83. The SMILES string of the molecule is CCOC(=O)/C(C=N[C@H]1C[C@H]2[C@@H]3CCc4cc(OC)ccc4[C@H]3CC[C@]2(C)[C@H]1O)=C(/C)O. The molecule has 0 radical (unpaired) electrons. The van der Waals surface area contributed by atoms with Crippen molar-refractivity contribution in [2.24, 2.45) is 22.2 Å². The fraction of sp³-hybridized carbons (Fsp3) is 0.615. The highest BCUT2D eigenvalue weighted by atomic mass is 16.5. The van der Waals surface area contributed by atoms with Crippen molar-refractivity contribution >= 4 is 12.2 Å². The van der Waals surface area contributed by atoms with E-state index in [2.05, 4.69) is 30.1 Å². The molecule has 0 bridgehead atoms. The number of aliphatic hydroxyl groups excluding tert-OH is 2. The number of hydrogen-bond acceptors (Lipinski definition) is 6. The van der Waals surface area contributed by atoms with Gasteiger partial charge >= 0.3 is 5.97 Å². The molecule has 6 heteroatoms. The van der Waals surface area contributed by atoms with E-state index >= 15 is 0 Å². The number of carbonyl (C=O) groups excluding carboxylic acids is 1. The quantitative estimate of drug-likeness (QED) is 0.307. The number of aliphatic hydroxyl groups is 2. The molecule has 4 rings (SSSR count). The maximum atomic E-state index is 12.1. The molecule has 174 valence electrons. The van der Waals surface area contributed by atoms with E-state index in [-0.39, 0.29) is 29.4 Å². The van der Waals surface area contributed by atoms with Crippen LogP contribution in [0.3, 0.4) is 0 Å².